The Bertz CT molecular complexity index is 657. The number of carbonyl (C=O) groups is 1. The fourth-order valence-corrected chi connectivity index (χ4v) is 4.53. The first-order valence-corrected chi connectivity index (χ1v) is 9.18. The number of rotatable bonds is 4. The lowest BCUT2D eigenvalue weighted by molar-refractivity contribution is -0.116. The van der Waals surface area contributed by atoms with Gasteiger partial charge in [0.2, 0.25) is 15.9 Å². The van der Waals surface area contributed by atoms with Crippen LogP contribution in [-0.2, 0) is 14.8 Å². The molecule has 1 aliphatic rings. The third-order valence-electron chi connectivity index (χ3n) is 4.48. The van der Waals surface area contributed by atoms with E-state index in [0.717, 1.165) is 12.8 Å². The Hall–Kier alpha value is -1.44. The maximum Gasteiger partial charge on any atom is 0.243 e. The van der Waals surface area contributed by atoms with E-state index in [1.807, 2.05) is 6.92 Å². The highest BCUT2D eigenvalue weighted by Gasteiger charge is 2.34. The molecule has 6 nitrogen and oxygen atoms in total. The van der Waals surface area contributed by atoms with E-state index in [0.29, 0.717) is 12.2 Å². The number of benzene rings is 1. The number of aliphatic hydroxyl groups is 1. The molecule has 1 aromatic rings. The van der Waals surface area contributed by atoms with Crippen molar-refractivity contribution in [2.24, 2.45) is 5.92 Å². The molecule has 0 saturated carbocycles. The van der Waals surface area contributed by atoms with Gasteiger partial charge in [0.15, 0.2) is 0 Å². The molecule has 1 fully saturated rings. The molecule has 0 bridgehead atoms. The zero-order valence-electron chi connectivity index (χ0n) is 13.8. The van der Waals surface area contributed by atoms with Crippen molar-refractivity contribution in [3.05, 3.63) is 24.3 Å². The van der Waals surface area contributed by atoms with Gasteiger partial charge in [-0.3, -0.25) is 4.79 Å². The Balaban J connectivity index is 2.27. The van der Waals surface area contributed by atoms with Crippen molar-refractivity contribution in [3.63, 3.8) is 0 Å². The molecule has 2 atom stereocenters. The van der Waals surface area contributed by atoms with E-state index in [1.54, 1.807) is 19.2 Å². The quantitative estimate of drug-likeness (QED) is 0.900. The maximum atomic E-state index is 12.8. The van der Waals surface area contributed by atoms with Crippen molar-refractivity contribution in [2.75, 3.05) is 25.1 Å². The summed E-state index contributed by atoms with van der Waals surface area (Å²) in [7, 11) is -1.95. The average Bonchev–Trinajstić information content (AvgIpc) is 2.54. The normalized spacial score (nSPS) is 22.8. The highest BCUT2D eigenvalue weighted by molar-refractivity contribution is 7.89. The number of nitrogens with zero attached hydrogens (tertiary/aromatic N) is 2. The summed E-state index contributed by atoms with van der Waals surface area (Å²) in [6.45, 7) is 3.69. The summed E-state index contributed by atoms with van der Waals surface area (Å²) < 4.78 is 27.1. The lowest BCUT2D eigenvalue weighted by Crippen LogP contribution is -2.46. The Morgan fingerprint density at radius 1 is 1.30 bits per heavy atom. The van der Waals surface area contributed by atoms with Crippen LogP contribution in [0.1, 0.15) is 26.7 Å². The number of hydrogen-bond acceptors (Lipinski definition) is 4. The van der Waals surface area contributed by atoms with E-state index >= 15 is 0 Å². The van der Waals surface area contributed by atoms with E-state index in [2.05, 4.69) is 0 Å². The number of carbonyl (C=O) groups excluding carboxylic acids is 1. The molecule has 1 N–H and O–H groups in total. The largest absolute Gasteiger partial charge is 0.396 e. The summed E-state index contributed by atoms with van der Waals surface area (Å²) in [5.41, 5.74) is 0.649. The van der Waals surface area contributed by atoms with Crippen LogP contribution in [0.15, 0.2) is 29.2 Å². The zero-order chi connectivity index (χ0) is 17.2. The summed E-state index contributed by atoms with van der Waals surface area (Å²) in [5.74, 6) is -0.125. The number of aliphatic hydroxyl groups excluding tert-OH is 1. The average molecular weight is 340 g/mol. The molecule has 7 heteroatoms. The van der Waals surface area contributed by atoms with Crippen molar-refractivity contribution in [1.29, 1.82) is 0 Å². The molecule has 1 heterocycles. The molecule has 23 heavy (non-hydrogen) atoms. The number of sulfonamides is 1. The van der Waals surface area contributed by atoms with Crippen LogP contribution in [0.25, 0.3) is 0 Å². The van der Waals surface area contributed by atoms with Crippen molar-refractivity contribution in [3.8, 4) is 0 Å². The van der Waals surface area contributed by atoms with Gasteiger partial charge in [-0.05, 0) is 49.9 Å². The second-order valence-corrected chi connectivity index (χ2v) is 8.01. The Labute approximate surface area is 137 Å². The van der Waals surface area contributed by atoms with Crippen LogP contribution < -0.4 is 4.90 Å². The van der Waals surface area contributed by atoms with Gasteiger partial charge in [-0.1, -0.05) is 0 Å². The summed E-state index contributed by atoms with van der Waals surface area (Å²) in [5, 5.41) is 9.32. The van der Waals surface area contributed by atoms with Crippen LogP contribution >= 0.6 is 0 Å². The van der Waals surface area contributed by atoms with Gasteiger partial charge in [0.25, 0.3) is 0 Å². The number of piperidine rings is 1. The van der Waals surface area contributed by atoms with Crippen LogP contribution in [0.3, 0.4) is 0 Å². The monoisotopic (exact) mass is 340 g/mol. The zero-order valence-corrected chi connectivity index (χ0v) is 14.6. The predicted octanol–water partition coefficient (Wildman–Crippen LogP) is 1.45. The van der Waals surface area contributed by atoms with Gasteiger partial charge in [0, 0.05) is 38.9 Å². The van der Waals surface area contributed by atoms with Gasteiger partial charge >= 0.3 is 0 Å². The second-order valence-electron chi connectivity index (χ2n) is 6.12. The molecule has 0 spiro atoms. The highest BCUT2D eigenvalue weighted by atomic mass is 32.2. The SMILES string of the molecule is CC(=O)N(C)c1ccc(S(=O)(=O)N2C[C@@H](CO)CC[C@@H]2C)cc1. The van der Waals surface area contributed by atoms with Crippen molar-refractivity contribution in [2.45, 2.75) is 37.6 Å². The molecule has 0 unspecified atom stereocenters. The molecule has 128 valence electrons. The number of hydrogen-bond donors (Lipinski definition) is 1. The Morgan fingerprint density at radius 3 is 2.43 bits per heavy atom. The maximum absolute atomic E-state index is 12.8. The molecule has 1 saturated heterocycles. The lowest BCUT2D eigenvalue weighted by Gasteiger charge is -2.36. The molecular formula is C16H24N2O4S. The molecule has 1 amide bonds. The highest BCUT2D eigenvalue weighted by Crippen LogP contribution is 2.28. The Morgan fingerprint density at radius 2 is 1.91 bits per heavy atom. The van der Waals surface area contributed by atoms with Gasteiger partial charge in [-0.2, -0.15) is 4.31 Å². The second kappa shape index (κ2) is 6.98. The molecular weight excluding hydrogens is 316 g/mol. The first-order valence-electron chi connectivity index (χ1n) is 7.74. The topological polar surface area (TPSA) is 77.9 Å². The minimum atomic E-state index is -3.60. The predicted molar refractivity (Wildman–Crippen MR) is 88.7 cm³/mol. The van der Waals surface area contributed by atoms with Gasteiger partial charge in [0.1, 0.15) is 0 Å². The smallest absolute Gasteiger partial charge is 0.243 e. The summed E-state index contributed by atoms with van der Waals surface area (Å²) in [4.78, 5) is 13.0. The first-order chi connectivity index (χ1) is 10.8. The van der Waals surface area contributed by atoms with Crippen LogP contribution in [0.5, 0.6) is 0 Å². The van der Waals surface area contributed by atoms with Crippen LogP contribution in [0, 0.1) is 5.92 Å². The van der Waals surface area contributed by atoms with Crippen LogP contribution in [0.4, 0.5) is 5.69 Å². The number of amides is 1. The summed E-state index contributed by atoms with van der Waals surface area (Å²) in [6, 6.07) is 6.24. The molecule has 0 radical (unpaired) electrons. The molecule has 1 aliphatic heterocycles. The van der Waals surface area contributed by atoms with Gasteiger partial charge in [-0.25, -0.2) is 8.42 Å². The van der Waals surface area contributed by atoms with E-state index in [4.69, 9.17) is 0 Å². The van der Waals surface area contributed by atoms with Gasteiger partial charge in [0.05, 0.1) is 4.90 Å². The molecule has 2 rings (SSSR count). The van der Waals surface area contributed by atoms with Crippen molar-refractivity contribution < 1.29 is 18.3 Å². The van der Waals surface area contributed by atoms with E-state index < -0.39 is 10.0 Å². The third-order valence-corrected chi connectivity index (χ3v) is 6.48. The van der Waals surface area contributed by atoms with Gasteiger partial charge in [-0.15, -0.1) is 0 Å². The first kappa shape index (κ1) is 17.9. The van der Waals surface area contributed by atoms with Crippen molar-refractivity contribution >= 4 is 21.6 Å². The fraction of sp³-hybridized carbons (Fsp3) is 0.562. The molecule has 1 aromatic carbocycles. The summed E-state index contributed by atoms with van der Waals surface area (Å²) in [6.07, 6.45) is 1.58. The lowest BCUT2D eigenvalue weighted by atomic mass is 9.96. The minimum absolute atomic E-state index is 0.00108. The van der Waals surface area contributed by atoms with E-state index in [9.17, 15) is 18.3 Å². The molecule has 0 aromatic heterocycles. The third kappa shape index (κ3) is 3.73. The molecule has 0 aliphatic carbocycles. The van der Waals surface area contributed by atoms with E-state index in [1.165, 1.54) is 28.3 Å². The van der Waals surface area contributed by atoms with E-state index in [-0.39, 0.29) is 29.4 Å². The minimum Gasteiger partial charge on any atom is -0.396 e. The van der Waals surface area contributed by atoms with Gasteiger partial charge < -0.3 is 10.0 Å². The Kier molecular flexibility index (Phi) is 5.44. The number of anilines is 1. The standard InChI is InChI=1S/C16H24N2O4S/c1-12-4-5-14(11-19)10-18(12)23(21,22)16-8-6-15(7-9-16)17(3)13(2)20/h6-9,12,14,19H,4-5,10-11H2,1-3H3/t12-,14-/m0/s1. The van der Waals surface area contributed by atoms with Crippen LogP contribution in [0.2, 0.25) is 0 Å². The summed E-state index contributed by atoms with van der Waals surface area (Å²) >= 11 is 0. The fourth-order valence-electron chi connectivity index (χ4n) is 2.79. The van der Waals surface area contributed by atoms with Crippen LogP contribution in [-0.4, -0.2) is 50.0 Å². The van der Waals surface area contributed by atoms with Crippen molar-refractivity contribution in [1.82, 2.24) is 4.31 Å².